The number of benzene rings is 1. The molecule has 1 heterocycles. The fourth-order valence-corrected chi connectivity index (χ4v) is 3.20. The molecule has 0 spiro atoms. The number of nitro groups is 1. The molecule has 138 valence electrons. The molecule has 1 aromatic carbocycles. The Bertz CT molecular complexity index is 842. The van der Waals surface area contributed by atoms with E-state index in [4.69, 9.17) is 16.3 Å². The van der Waals surface area contributed by atoms with Gasteiger partial charge in [-0.15, -0.1) is 0 Å². The summed E-state index contributed by atoms with van der Waals surface area (Å²) in [6, 6.07) is 5.79. The molecule has 7 nitrogen and oxygen atoms in total. The van der Waals surface area contributed by atoms with Crippen molar-refractivity contribution < 1.29 is 19.2 Å². The molecular formula is C18H19ClN2O5. The Morgan fingerprint density at radius 1 is 1.23 bits per heavy atom. The van der Waals surface area contributed by atoms with Crippen LogP contribution in [-0.2, 0) is 14.3 Å². The fourth-order valence-electron chi connectivity index (χ4n) is 2.95. The van der Waals surface area contributed by atoms with Crippen molar-refractivity contribution >= 4 is 28.5 Å². The van der Waals surface area contributed by atoms with Crippen LogP contribution in [0.5, 0.6) is 0 Å². The number of carbonyl (C=O) groups is 2. The summed E-state index contributed by atoms with van der Waals surface area (Å²) >= 11 is 5.78. The molecule has 0 bridgehead atoms. The number of esters is 1. The quantitative estimate of drug-likeness (QED) is 0.364. The van der Waals surface area contributed by atoms with E-state index < -0.39 is 22.1 Å². The number of hydrogen-bond acceptors (Lipinski definition) is 6. The molecule has 0 aromatic heterocycles. The lowest BCUT2D eigenvalue weighted by Gasteiger charge is -2.30. The maximum atomic E-state index is 12.7. The topological polar surface area (TPSA) is 98.5 Å². The largest absolute Gasteiger partial charge is 0.460 e. The second-order valence-corrected chi connectivity index (χ2v) is 6.56. The second kappa shape index (κ2) is 7.70. The normalized spacial score (nSPS) is 17.2. The Morgan fingerprint density at radius 3 is 2.38 bits per heavy atom. The van der Waals surface area contributed by atoms with Crippen LogP contribution in [0.3, 0.4) is 0 Å². The summed E-state index contributed by atoms with van der Waals surface area (Å²) in [6.45, 7) is 6.76. The van der Waals surface area contributed by atoms with Gasteiger partial charge < -0.3 is 10.1 Å². The minimum Gasteiger partial charge on any atom is -0.460 e. The van der Waals surface area contributed by atoms with E-state index >= 15 is 0 Å². The molecule has 1 aromatic rings. The molecule has 0 saturated heterocycles. The van der Waals surface area contributed by atoms with Crippen LogP contribution < -0.4 is 5.32 Å². The summed E-state index contributed by atoms with van der Waals surface area (Å²) in [6.07, 6.45) is -0.365. The Morgan fingerprint density at radius 2 is 1.85 bits per heavy atom. The number of nitro benzene ring substituents is 1. The summed E-state index contributed by atoms with van der Waals surface area (Å²) in [5.74, 6) is -1.46. The first kappa shape index (κ1) is 19.7. The molecule has 0 aliphatic carbocycles. The van der Waals surface area contributed by atoms with Crippen molar-refractivity contribution in [1.29, 1.82) is 0 Å². The number of nitrogens with zero attached hydrogens (tertiary/aromatic N) is 1. The SMILES string of the molecule is CC1=C(C(=O)Cl)C(c2cccc([N+](=O)[O-])c2)C(C(=O)OC(C)C)=C(C)N1. The van der Waals surface area contributed by atoms with Crippen LogP contribution in [0.2, 0.25) is 0 Å². The number of carbonyl (C=O) groups excluding carboxylic acids is 2. The van der Waals surface area contributed by atoms with E-state index in [9.17, 15) is 19.7 Å². The molecule has 1 aliphatic rings. The van der Waals surface area contributed by atoms with Gasteiger partial charge in [0.1, 0.15) is 0 Å². The first-order valence-electron chi connectivity index (χ1n) is 7.97. The van der Waals surface area contributed by atoms with E-state index in [1.165, 1.54) is 18.2 Å². The number of non-ortho nitro benzene ring substituents is 1. The number of halogens is 1. The summed E-state index contributed by atoms with van der Waals surface area (Å²) in [4.78, 5) is 35.3. The standard InChI is InChI=1S/C18H19ClN2O5/c1-9(2)26-18(23)15-11(4)20-10(3)14(17(19)22)16(15)12-6-5-7-13(8-12)21(24)25/h5-9,16,20H,1-4H3. The van der Waals surface area contributed by atoms with E-state index in [2.05, 4.69) is 5.32 Å². The van der Waals surface area contributed by atoms with Gasteiger partial charge in [-0.3, -0.25) is 14.9 Å². The molecule has 1 unspecified atom stereocenters. The van der Waals surface area contributed by atoms with Crippen LogP contribution in [0, 0.1) is 10.1 Å². The van der Waals surface area contributed by atoms with E-state index in [0.717, 1.165) is 0 Å². The van der Waals surface area contributed by atoms with Crippen LogP contribution in [0.15, 0.2) is 46.8 Å². The van der Waals surface area contributed by atoms with Crippen molar-refractivity contribution in [3.63, 3.8) is 0 Å². The molecule has 8 heteroatoms. The average Bonchev–Trinajstić information content (AvgIpc) is 2.52. The zero-order valence-corrected chi connectivity index (χ0v) is 15.6. The highest BCUT2D eigenvalue weighted by molar-refractivity contribution is 6.68. The highest BCUT2D eigenvalue weighted by atomic mass is 35.5. The highest BCUT2D eigenvalue weighted by Crippen LogP contribution is 2.40. The molecule has 0 amide bonds. The lowest BCUT2D eigenvalue weighted by molar-refractivity contribution is -0.384. The van der Waals surface area contributed by atoms with E-state index in [-0.39, 0.29) is 22.9 Å². The molecule has 0 radical (unpaired) electrons. The number of dihydropyridines is 1. The third-order valence-electron chi connectivity index (χ3n) is 3.95. The molecule has 26 heavy (non-hydrogen) atoms. The van der Waals surface area contributed by atoms with Gasteiger partial charge >= 0.3 is 5.97 Å². The van der Waals surface area contributed by atoms with E-state index in [0.29, 0.717) is 17.0 Å². The summed E-state index contributed by atoms with van der Waals surface area (Å²) in [5, 5.41) is 13.4. The number of nitrogens with one attached hydrogen (secondary N) is 1. The minimum absolute atomic E-state index is 0.144. The van der Waals surface area contributed by atoms with Gasteiger partial charge in [-0.05, 0) is 44.9 Å². The van der Waals surface area contributed by atoms with Crippen molar-refractivity contribution in [2.75, 3.05) is 0 Å². The Balaban J connectivity index is 2.68. The van der Waals surface area contributed by atoms with E-state index in [1.807, 2.05) is 0 Å². The molecule has 0 saturated carbocycles. The molecule has 0 fully saturated rings. The highest BCUT2D eigenvalue weighted by Gasteiger charge is 2.37. The number of allylic oxidation sites excluding steroid dienone is 3. The molecular weight excluding hydrogens is 360 g/mol. The van der Waals surface area contributed by atoms with Crippen LogP contribution >= 0.6 is 11.6 Å². The average molecular weight is 379 g/mol. The van der Waals surface area contributed by atoms with Gasteiger partial charge in [-0.1, -0.05) is 12.1 Å². The van der Waals surface area contributed by atoms with Crippen molar-refractivity contribution in [2.45, 2.75) is 39.7 Å². The van der Waals surface area contributed by atoms with E-state index in [1.54, 1.807) is 33.8 Å². The Kier molecular flexibility index (Phi) is 5.82. The van der Waals surface area contributed by atoms with Gasteiger partial charge in [0.15, 0.2) is 0 Å². The number of rotatable bonds is 5. The van der Waals surface area contributed by atoms with Gasteiger partial charge in [-0.2, -0.15) is 0 Å². The van der Waals surface area contributed by atoms with Crippen LogP contribution in [0.4, 0.5) is 5.69 Å². The summed E-state index contributed by atoms with van der Waals surface area (Å²) < 4.78 is 5.31. The van der Waals surface area contributed by atoms with Crippen molar-refractivity contribution in [2.24, 2.45) is 0 Å². The van der Waals surface area contributed by atoms with Gasteiger partial charge in [0.25, 0.3) is 10.9 Å². The minimum atomic E-state index is -0.854. The van der Waals surface area contributed by atoms with Crippen molar-refractivity contribution in [1.82, 2.24) is 5.32 Å². The van der Waals surface area contributed by atoms with Crippen molar-refractivity contribution in [3.05, 3.63) is 62.5 Å². The predicted octanol–water partition coefficient (Wildman–Crippen LogP) is 3.55. The smallest absolute Gasteiger partial charge is 0.337 e. The van der Waals surface area contributed by atoms with Gasteiger partial charge in [-0.25, -0.2) is 4.79 Å². The fraction of sp³-hybridized carbons (Fsp3) is 0.333. The monoisotopic (exact) mass is 378 g/mol. The van der Waals surface area contributed by atoms with Gasteiger partial charge in [0.05, 0.1) is 16.6 Å². The summed E-state index contributed by atoms with van der Waals surface area (Å²) in [7, 11) is 0. The molecule has 2 rings (SSSR count). The van der Waals surface area contributed by atoms with Crippen molar-refractivity contribution in [3.8, 4) is 0 Å². The van der Waals surface area contributed by atoms with Gasteiger partial charge in [0, 0.05) is 35.0 Å². The third-order valence-corrected chi connectivity index (χ3v) is 4.15. The molecule has 1 atom stereocenters. The third kappa shape index (κ3) is 3.94. The number of ether oxygens (including phenoxy) is 1. The van der Waals surface area contributed by atoms with Crippen LogP contribution in [0.25, 0.3) is 0 Å². The molecule has 1 aliphatic heterocycles. The lowest BCUT2D eigenvalue weighted by Crippen LogP contribution is -2.31. The summed E-state index contributed by atoms with van der Waals surface area (Å²) in [5.41, 5.74) is 1.63. The Labute approximate surface area is 155 Å². The lowest BCUT2D eigenvalue weighted by atomic mass is 9.81. The Hall–Kier alpha value is -2.67. The maximum Gasteiger partial charge on any atom is 0.337 e. The maximum absolute atomic E-state index is 12.7. The zero-order valence-electron chi connectivity index (χ0n) is 14.8. The zero-order chi connectivity index (χ0) is 19.6. The molecule has 1 N–H and O–H groups in total. The van der Waals surface area contributed by atoms with Crippen LogP contribution in [0.1, 0.15) is 39.2 Å². The predicted molar refractivity (Wildman–Crippen MR) is 96.5 cm³/mol. The first-order valence-corrected chi connectivity index (χ1v) is 8.35. The first-order chi connectivity index (χ1) is 12.1. The van der Waals surface area contributed by atoms with Crippen LogP contribution in [-0.4, -0.2) is 22.2 Å². The number of hydrogen-bond donors (Lipinski definition) is 1. The second-order valence-electron chi connectivity index (χ2n) is 6.22. The van der Waals surface area contributed by atoms with Gasteiger partial charge in [0.2, 0.25) is 0 Å².